The number of hydrogen-bond donors (Lipinski definition) is 1. The second-order valence-electron chi connectivity index (χ2n) is 6.67. The molecule has 0 fully saturated rings. The molecule has 2 heterocycles. The Kier molecular flexibility index (Phi) is 6.57. The molecule has 0 bridgehead atoms. The van der Waals surface area contributed by atoms with Crippen LogP contribution in [0.5, 0.6) is 0 Å². The molecule has 7 heteroatoms. The minimum atomic E-state index is -0.390. The Balaban J connectivity index is 0.000000223. The number of hydrogen-bond acceptors (Lipinski definition) is 4. The molecule has 0 spiro atoms. The molecule has 0 atom stereocenters. The summed E-state index contributed by atoms with van der Waals surface area (Å²) in [7, 11) is 0. The molecule has 0 aliphatic heterocycles. The third kappa shape index (κ3) is 5.09. The Bertz CT molecular complexity index is 1030. The van der Waals surface area contributed by atoms with Gasteiger partial charge in [0.2, 0.25) is 11.9 Å². The number of rotatable bonds is 3. The fourth-order valence-electron chi connectivity index (χ4n) is 2.67. The van der Waals surface area contributed by atoms with Gasteiger partial charge < -0.3 is 4.42 Å². The predicted molar refractivity (Wildman–Crippen MR) is 103 cm³/mol. The summed E-state index contributed by atoms with van der Waals surface area (Å²) in [6.07, 6.45) is 1.63. The molecule has 3 rings (SSSR count). The zero-order valence-electron chi connectivity index (χ0n) is 15.8. The van der Waals surface area contributed by atoms with Crippen LogP contribution >= 0.6 is 0 Å². The van der Waals surface area contributed by atoms with E-state index >= 15 is 0 Å². The molecule has 3 aromatic rings. The lowest BCUT2D eigenvalue weighted by molar-refractivity contribution is -0.910. The number of benzene rings is 1. The van der Waals surface area contributed by atoms with Crippen LogP contribution in [0.1, 0.15) is 50.8 Å². The summed E-state index contributed by atoms with van der Waals surface area (Å²) in [6, 6.07) is 12.2. The monoisotopic (exact) mass is 367 g/mol. The molecule has 1 aromatic carbocycles. The van der Waals surface area contributed by atoms with Crippen molar-refractivity contribution in [2.75, 3.05) is 0 Å². The van der Waals surface area contributed by atoms with Crippen molar-refractivity contribution in [3.05, 3.63) is 80.8 Å². The maximum atomic E-state index is 11.4. The maximum absolute atomic E-state index is 11.4. The van der Waals surface area contributed by atoms with Gasteiger partial charge in [-0.05, 0) is 29.1 Å². The quantitative estimate of drug-likeness (QED) is 0.172. The first-order valence-corrected chi connectivity index (χ1v) is 8.66. The maximum Gasteiger partial charge on any atom is 0.336 e. The van der Waals surface area contributed by atoms with Crippen molar-refractivity contribution < 1.29 is 14.4 Å². The Morgan fingerprint density at radius 2 is 1.85 bits per heavy atom. The van der Waals surface area contributed by atoms with E-state index in [-0.39, 0.29) is 11.5 Å². The third-order valence-corrected chi connectivity index (χ3v) is 4.00. The van der Waals surface area contributed by atoms with Crippen molar-refractivity contribution in [1.29, 1.82) is 0 Å². The Hall–Kier alpha value is -3.31. The fraction of sp³-hybridized carbons (Fsp3) is 0.300. The van der Waals surface area contributed by atoms with Crippen molar-refractivity contribution in [2.24, 2.45) is 5.11 Å². The summed E-state index contributed by atoms with van der Waals surface area (Å²) in [4.78, 5) is 14.1. The fourth-order valence-corrected chi connectivity index (χ4v) is 2.67. The van der Waals surface area contributed by atoms with Crippen molar-refractivity contribution in [2.45, 2.75) is 39.5 Å². The molecule has 27 heavy (non-hydrogen) atoms. The lowest BCUT2D eigenvalue weighted by Crippen LogP contribution is -2.34. The van der Waals surface area contributed by atoms with Crippen LogP contribution in [0.2, 0.25) is 0 Å². The van der Waals surface area contributed by atoms with Gasteiger partial charge in [-0.15, -0.1) is 0 Å². The molecule has 0 saturated heterocycles. The first-order chi connectivity index (χ1) is 12.8. The summed E-state index contributed by atoms with van der Waals surface area (Å²) in [5.74, 6) is 0.595. The van der Waals surface area contributed by atoms with Crippen molar-refractivity contribution in [3.8, 4) is 0 Å². The van der Waals surface area contributed by atoms with Gasteiger partial charge in [0.1, 0.15) is 5.58 Å². The molecule has 0 amide bonds. The second kappa shape index (κ2) is 8.87. The van der Waals surface area contributed by atoms with Crippen LogP contribution in [-0.2, 0) is 0 Å². The number of aromatic nitrogens is 1. The normalized spacial score (nSPS) is 10.4. The van der Waals surface area contributed by atoms with E-state index in [4.69, 9.17) is 9.95 Å². The van der Waals surface area contributed by atoms with Gasteiger partial charge in [-0.1, -0.05) is 44.9 Å². The summed E-state index contributed by atoms with van der Waals surface area (Å²) >= 11 is 0. The number of pyridine rings is 1. The van der Waals surface area contributed by atoms with E-state index in [1.165, 1.54) is 6.07 Å². The molecule has 2 aromatic heterocycles. The van der Waals surface area contributed by atoms with E-state index < -0.39 is 0 Å². The van der Waals surface area contributed by atoms with Gasteiger partial charge >= 0.3 is 5.63 Å². The van der Waals surface area contributed by atoms with Crippen LogP contribution in [0, 0.1) is 0 Å². The van der Waals surface area contributed by atoms with Crippen LogP contribution in [-0.4, -0.2) is 5.21 Å². The van der Waals surface area contributed by atoms with E-state index in [0.717, 1.165) is 21.4 Å². The number of fused-ring (bicyclic) bond motifs is 1. The zero-order chi connectivity index (χ0) is 20.0. The highest BCUT2D eigenvalue weighted by Crippen LogP contribution is 2.27. The third-order valence-electron chi connectivity index (χ3n) is 4.00. The molecular weight excluding hydrogens is 344 g/mol. The van der Waals surface area contributed by atoms with Crippen molar-refractivity contribution >= 4 is 16.7 Å². The van der Waals surface area contributed by atoms with E-state index in [0.29, 0.717) is 17.2 Å². The van der Waals surface area contributed by atoms with Crippen LogP contribution in [0.4, 0.5) is 5.69 Å². The molecule has 1 N–H and O–H groups in total. The lowest BCUT2D eigenvalue weighted by atomic mass is 10.00. The highest BCUT2D eigenvalue weighted by Gasteiger charge is 2.11. The van der Waals surface area contributed by atoms with Gasteiger partial charge in [0.25, 0.3) is 0 Å². The summed E-state index contributed by atoms with van der Waals surface area (Å²) < 4.78 is 6.26. The summed E-state index contributed by atoms with van der Waals surface area (Å²) in [5.41, 5.74) is 10.7. The van der Waals surface area contributed by atoms with Gasteiger partial charge in [0.15, 0.2) is 0 Å². The average Bonchev–Trinajstić information content (AvgIpc) is 2.61. The molecule has 0 aliphatic rings. The molecule has 0 saturated carbocycles. The minimum absolute atomic E-state index is 0.229. The van der Waals surface area contributed by atoms with Crippen molar-refractivity contribution in [3.63, 3.8) is 0 Å². The second-order valence-corrected chi connectivity index (χ2v) is 6.67. The number of nitrogens with zero attached hydrogens (tertiary/aromatic N) is 4. The van der Waals surface area contributed by atoms with Gasteiger partial charge in [0, 0.05) is 44.8 Å². The van der Waals surface area contributed by atoms with Crippen molar-refractivity contribution in [1.82, 2.24) is 0 Å². The van der Waals surface area contributed by atoms with E-state index in [1.807, 2.05) is 39.8 Å². The van der Waals surface area contributed by atoms with Crippen LogP contribution in [0.25, 0.3) is 21.4 Å². The summed E-state index contributed by atoms with van der Waals surface area (Å²) in [6.45, 7) is 8.11. The van der Waals surface area contributed by atoms with Crippen LogP contribution in [0.3, 0.4) is 0 Å². The molecular formula is C20H23N4O3+. The first kappa shape index (κ1) is 20.0. The summed E-state index contributed by atoms with van der Waals surface area (Å²) in [5, 5.41) is 13.5. The topological polar surface area (TPSA) is 103 Å². The standard InChI is InChI=1S/C12H11N3O2.C8H12NO/c1-7(2)10-6-12(16)17-11-5-8(14-15-13)3-4-9(10)11;1-7(2)8-5-3-4-6-9(8)10/h3-7H,1-2H3;3-7,10H,1-2H3/q;+1. The SMILES string of the molecule is CC(C)c1cc(=O)oc2cc(N=[N+]=[N-])ccc12.CC(C)c1cccc[n+]1O. The van der Waals surface area contributed by atoms with E-state index in [1.54, 1.807) is 30.5 Å². The van der Waals surface area contributed by atoms with Crippen LogP contribution < -0.4 is 10.4 Å². The smallest absolute Gasteiger partial charge is 0.336 e. The molecule has 0 unspecified atom stereocenters. The van der Waals surface area contributed by atoms with Gasteiger partial charge in [-0.2, -0.15) is 0 Å². The molecule has 0 aliphatic carbocycles. The highest BCUT2D eigenvalue weighted by atomic mass is 16.5. The minimum Gasteiger partial charge on any atom is -0.423 e. The lowest BCUT2D eigenvalue weighted by Gasteiger charge is -2.08. The molecule has 140 valence electrons. The predicted octanol–water partition coefficient (Wildman–Crippen LogP) is 5.19. The Morgan fingerprint density at radius 1 is 1.11 bits per heavy atom. The highest BCUT2D eigenvalue weighted by molar-refractivity contribution is 5.83. The molecule has 0 radical (unpaired) electrons. The van der Waals surface area contributed by atoms with Gasteiger partial charge in [-0.25, -0.2) is 4.79 Å². The largest absolute Gasteiger partial charge is 0.423 e. The average molecular weight is 367 g/mol. The zero-order valence-corrected chi connectivity index (χ0v) is 15.8. The van der Waals surface area contributed by atoms with Crippen LogP contribution in [0.15, 0.2) is 63.0 Å². The first-order valence-electron chi connectivity index (χ1n) is 8.66. The van der Waals surface area contributed by atoms with Gasteiger partial charge in [-0.3, -0.25) is 5.21 Å². The van der Waals surface area contributed by atoms with E-state index in [2.05, 4.69) is 10.0 Å². The Morgan fingerprint density at radius 3 is 2.41 bits per heavy atom. The Labute approximate surface area is 157 Å². The number of azide groups is 1. The molecule has 7 nitrogen and oxygen atoms in total. The van der Waals surface area contributed by atoms with E-state index in [9.17, 15) is 10.0 Å². The van der Waals surface area contributed by atoms with Gasteiger partial charge in [0.05, 0.1) is 0 Å².